The maximum Gasteiger partial charge on any atom is 0.187 e. The lowest BCUT2D eigenvalue weighted by Crippen LogP contribution is -2.68. The smallest absolute Gasteiger partial charge is 0.187 e. The second-order valence-electron chi connectivity index (χ2n) is 26.2. The van der Waals surface area contributed by atoms with Crippen molar-refractivity contribution in [1.82, 2.24) is 0 Å². The predicted octanol–water partition coefficient (Wildman–Crippen LogP) is -2.78. The summed E-state index contributed by atoms with van der Waals surface area (Å²) in [6.07, 6.45) is -29.8. The van der Waals surface area contributed by atoms with Crippen molar-refractivity contribution in [3.8, 4) is 0 Å². The van der Waals surface area contributed by atoms with Crippen molar-refractivity contribution in [2.45, 2.75) is 258 Å². The van der Waals surface area contributed by atoms with Gasteiger partial charge in [0.15, 0.2) is 37.2 Å². The molecule has 7 aliphatic heterocycles. The molecule has 25 nitrogen and oxygen atoms in total. The van der Waals surface area contributed by atoms with E-state index in [-0.39, 0.29) is 22.9 Å². The van der Waals surface area contributed by atoms with Gasteiger partial charge in [0.1, 0.15) is 104 Å². The van der Waals surface area contributed by atoms with Crippen molar-refractivity contribution in [2.75, 3.05) is 33.0 Å². The Morgan fingerprint density at radius 3 is 1.73 bits per heavy atom. The summed E-state index contributed by atoms with van der Waals surface area (Å²) in [4.78, 5) is 0. The summed E-state index contributed by atoms with van der Waals surface area (Å²) in [5, 5.41) is 142. The molecule has 11 fully saturated rings. The van der Waals surface area contributed by atoms with E-state index in [2.05, 4.69) is 27.7 Å². The monoisotopic (exact) mass is 1150 g/mol. The second kappa shape index (κ2) is 23.6. The zero-order valence-corrected chi connectivity index (χ0v) is 46.3. The molecule has 80 heavy (non-hydrogen) atoms. The number of aliphatic hydroxyl groups is 13. The van der Waals surface area contributed by atoms with Crippen molar-refractivity contribution in [3.63, 3.8) is 0 Å². The Labute approximate surface area is 465 Å². The molecule has 7 heterocycles. The highest BCUT2D eigenvalue weighted by atomic mass is 16.8. The number of ether oxygens (including phenoxy) is 12. The first-order valence-corrected chi connectivity index (χ1v) is 29.5. The number of hydrogen-bond acceptors (Lipinski definition) is 25. The molecule has 4 aliphatic carbocycles. The van der Waals surface area contributed by atoms with Crippen LogP contribution in [0.5, 0.6) is 0 Å². The number of aliphatic hydroxyl groups excluding tert-OH is 13. The summed E-state index contributed by atoms with van der Waals surface area (Å²) >= 11 is 0. The van der Waals surface area contributed by atoms with Gasteiger partial charge in [-0.3, -0.25) is 0 Å². The SMILES string of the molecule is CC1CC[C@@]2(OC1)O[C@H]1C[C@H]3[C@@H]4CCC5CC(OC6OC(CO)C(OC7OC(CO)C(O)C(OC8OCC(O)C(O)C8O)C7OC7OCC(O)C(O)C7O)C(O)C6OC6OC(C)C(O)C(O)C6O)CC[C@]5(C)[C@H]4CC[C@]3(C)[C@H]1[C@@H]2C. The van der Waals surface area contributed by atoms with E-state index >= 15 is 0 Å². The zero-order valence-electron chi connectivity index (χ0n) is 46.3. The van der Waals surface area contributed by atoms with Crippen molar-refractivity contribution in [1.29, 1.82) is 0 Å². The van der Waals surface area contributed by atoms with Gasteiger partial charge in [-0.2, -0.15) is 0 Å². The highest BCUT2D eigenvalue weighted by Gasteiger charge is 2.69. The third-order valence-corrected chi connectivity index (χ3v) is 21.7. The minimum atomic E-state index is -1.93. The lowest BCUT2D eigenvalue weighted by atomic mass is 9.44. The Hall–Kier alpha value is -1.00. The van der Waals surface area contributed by atoms with Gasteiger partial charge in [0.05, 0.1) is 51.3 Å². The molecule has 26 unspecified atom stereocenters. The van der Waals surface area contributed by atoms with Gasteiger partial charge in [-0.1, -0.05) is 27.7 Å². The van der Waals surface area contributed by atoms with Gasteiger partial charge in [0.2, 0.25) is 0 Å². The van der Waals surface area contributed by atoms with Gasteiger partial charge in [-0.05, 0) is 111 Å². The van der Waals surface area contributed by atoms with E-state index < -0.39 is 180 Å². The molecule has 7 saturated heterocycles. The third-order valence-electron chi connectivity index (χ3n) is 21.7. The van der Waals surface area contributed by atoms with Crippen LogP contribution in [0.3, 0.4) is 0 Å². The fraction of sp³-hybridized carbons (Fsp3) is 1.00. The molecule has 0 aromatic heterocycles. The molecule has 0 aromatic rings. The fourth-order valence-electron chi connectivity index (χ4n) is 17.0. The zero-order chi connectivity index (χ0) is 57.1. The van der Waals surface area contributed by atoms with E-state index in [1.165, 1.54) is 6.92 Å². The Kier molecular flexibility index (Phi) is 17.9. The van der Waals surface area contributed by atoms with Crippen LogP contribution in [0.4, 0.5) is 0 Å². The van der Waals surface area contributed by atoms with E-state index in [9.17, 15) is 66.4 Å². The minimum Gasteiger partial charge on any atom is -0.394 e. The fourth-order valence-corrected chi connectivity index (χ4v) is 17.0. The lowest BCUT2D eigenvalue weighted by Gasteiger charge is -2.61. The first-order valence-electron chi connectivity index (χ1n) is 29.5. The molecular formula is C55H90O25. The van der Waals surface area contributed by atoms with Crippen LogP contribution in [0, 0.1) is 52.3 Å². The van der Waals surface area contributed by atoms with Gasteiger partial charge in [0, 0.05) is 12.3 Å². The lowest BCUT2D eigenvalue weighted by molar-refractivity contribution is -0.408. The highest BCUT2D eigenvalue weighted by Crippen LogP contribution is 2.71. The molecular weight excluding hydrogens is 1060 g/mol. The molecule has 35 atom stereocenters. The molecule has 0 amide bonds. The molecule has 11 rings (SSSR count). The summed E-state index contributed by atoms with van der Waals surface area (Å²) in [5.74, 6) is 2.69. The Morgan fingerprint density at radius 2 is 1.07 bits per heavy atom. The topological polar surface area (TPSA) is 374 Å². The summed E-state index contributed by atoms with van der Waals surface area (Å²) in [6.45, 7) is 8.99. The van der Waals surface area contributed by atoms with Crippen LogP contribution in [0.1, 0.15) is 98.8 Å². The molecule has 0 radical (unpaired) electrons. The molecule has 0 bridgehead atoms. The standard InChI is InChI=1S/C55H90O25/c1-21-8-13-55(71-18-21)22(2)34-31(80-55)15-28-26-7-6-24-14-25(9-11-53(24,4)27(26)10-12-54(28,34)5)73-51-46(78-50-42(67)39(64)35(60)23(3)72-50)43(68)44(33(17-57)75-51)76-52-47(79-49-41(66)37(62)30(59)20-70-49)45(38(63)32(16-56)74-52)77-48-40(65)36(61)29(58)19-69-48/h21-52,56-68H,6-20H2,1-5H3/t21?,22-,23?,24?,25?,26+,27-,28-,29?,30?,31-,32?,33?,34-,35?,36?,37?,38?,39?,40?,41?,42?,43?,44?,45?,46?,47?,48?,49?,50?,51?,52?,53-,54-,55+/m0/s1. The maximum absolute atomic E-state index is 12.6. The molecule has 1 spiro atoms. The summed E-state index contributed by atoms with van der Waals surface area (Å²) in [5.41, 5.74) is 0.170. The highest BCUT2D eigenvalue weighted by molar-refractivity contribution is 5.16. The maximum atomic E-state index is 12.6. The summed E-state index contributed by atoms with van der Waals surface area (Å²) in [6, 6.07) is 0. The molecule has 4 saturated carbocycles. The Bertz CT molecular complexity index is 2080. The average Bonchev–Trinajstić information content (AvgIpc) is 4.13. The van der Waals surface area contributed by atoms with E-state index in [0.717, 1.165) is 58.0 Å². The van der Waals surface area contributed by atoms with Crippen molar-refractivity contribution in [2.24, 2.45) is 52.3 Å². The second-order valence-corrected chi connectivity index (χ2v) is 26.2. The van der Waals surface area contributed by atoms with Gasteiger partial charge >= 0.3 is 0 Å². The van der Waals surface area contributed by atoms with Crippen LogP contribution in [0.2, 0.25) is 0 Å². The first kappa shape index (κ1) is 60.7. The van der Waals surface area contributed by atoms with Crippen LogP contribution in [-0.2, 0) is 56.8 Å². The van der Waals surface area contributed by atoms with Crippen LogP contribution in [0.25, 0.3) is 0 Å². The van der Waals surface area contributed by atoms with E-state index in [1.54, 1.807) is 0 Å². The predicted molar refractivity (Wildman–Crippen MR) is 267 cm³/mol. The number of rotatable bonds is 12. The van der Waals surface area contributed by atoms with Crippen LogP contribution >= 0.6 is 0 Å². The first-order chi connectivity index (χ1) is 38.0. The summed E-state index contributed by atoms with van der Waals surface area (Å²) in [7, 11) is 0. The van der Waals surface area contributed by atoms with Crippen LogP contribution < -0.4 is 0 Å². The Morgan fingerprint density at radius 1 is 0.475 bits per heavy atom. The molecule has 25 heteroatoms. The van der Waals surface area contributed by atoms with Crippen molar-refractivity contribution < 1.29 is 123 Å². The molecule has 13 N–H and O–H groups in total. The van der Waals surface area contributed by atoms with E-state index in [0.29, 0.717) is 48.3 Å². The molecule has 0 aromatic carbocycles. The summed E-state index contributed by atoms with van der Waals surface area (Å²) < 4.78 is 74.8. The normalized spacial score (nSPS) is 58.1. The van der Waals surface area contributed by atoms with Gasteiger partial charge in [-0.15, -0.1) is 0 Å². The largest absolute Gasteiger partial charge is 0.394 e. The van der Waals surface area contributed by atoms with Crippen LogP contribution in [-0.4, -0.2) is 259 Å². The van der Waals surface area contributed by atoms with Gasteiger partial charge in [-0.25, -0.2) is 0 Å². The minimum absolute atomic E-state index is 0.0136. The third kappa shape index (κ3) is 10.6. The van der Waals surface area contributed by atoms with E-state index in [1.807, 2.05) is 0 Å². The van der Waals surface area contributed by atoms with Gasteiger partial charge in [0.25, 0.3) is 0 Å². The van der Waals surface area contributed by atoms with Crippen LogP contribution in [0.15, 0.2) is 0 Å². The number of hydrogen-bond donors (Lipinski definition) is 13. The quantitative estimate of drug-likeness (QED) is 0.0879. The van der Waals surface area contributed by atoms with Crippen molar-refractivity contribution in [3.05, 3.63) is 0 Å². The molecule has 460 valence electrons. The average molecular weight is 1150 g/mol. The molecule has 11 aliphatic rings. The van der Waals surface area contributed by atoms with Crippen molar-refractivity contribution >= 4 is 0 Å². The van der Waals surface area contributed by atoms with Gasteiger partial charge < -0.3 is 123 Å². The van der Waals surface area contributed by atoms with E-state index in [4.69, 9.17) is 56.8 Å². The Balaban J connectivity index is 0.830. The number of fused-ring (bicyclic) bond motifs is 7.